The number of ether oxygens (including phenoxy) is 2. The smallest absolute Gasteiger partial charge is 0.337 e. The van der Waals surface area contributed by atoms with E-state index >= 15 is 0 Å². The number of methoxy groups -OCH3 is 1. The van der Waals surface area contributed by atoms with Crippen LogP contribution in [-0.4, -0.2) is 31.7 Å². The summed E-state index contributed by atoms with van der Waals surface area (Å²) >= 11 is 6.02. The van der Waals surface area contributed by atoms with Gasteiger partial charge in [0.2, 0.25) is 0 Å². The molecule has 1 amide bonds. The number of rotatable bonds is 3. The summed E-state index contributed by atoms with van der Waals surface area (Å²) < 4.78 is 10.0. The van der Waals surface area contributed by atoms with E-state index in [4.69, 9.17) is 16.3 Å². The lowest BCUT2D eigenvalue weighted by atomic mass is 10.1. The van der Waals surface area contributed by atoms with E-state index in [1.54, 1.807) is 12.1 Å². The molecule has 1 fully saturated rings. The zero-order valence-corrected chi connectivity index (χ0v) is 11.9. The van der Waals surface area contributed by atoms with Crippen LogP contribution < -0.4 is 5.32 Å². The Hall–Kier alpha value is -1.59. The third kappa shape index (κ3) is 3.49. The monoisotopic (exact) mass is 297 g/mol. The van der Waals surface area contributed by atoms with E-state index in [0.717, 1.165) is 12.8 Å². The van der Waals surface area contributed by atoms with E-state index in [0.29, 0.717) is 29.3 Å². The minimum Gasteiger partial charge on any atom is -0.465 e. The minimum atomic E-state index is -0.480. The van der Waals surface area contributed by atoms with Gasteiger partial charge in [0, 0.05) is 6.61 Å². The molecular weight excluding hydrogens is 282 g/mol. The molecule has 1 N–H and O–H groups in total. The SMILES string of the molecule is COC(=O)c1ccc(Cl)c(NC(=O)C2CCCCO2)c1. The molecule has 0 bridgehead atoms. The Labute approximate surface area is 122 Å². The third-order valence-corrected chi connectivity index (χ3v) is 3.45. The summed E-state index contributed by atoms with van der Waals surface area (Å²) in [6.07, 6.45) is 2.18. The zero-order valence-electron chi connectivity index (χ0n) is 11.1. The number of nitrogens with one attached hydrogen (secondary N) is 1. The summed E-state index contributed by atoms with van der Waals surface area (Å²) in [6, 6.07) is 4.58. The van der Waals surface area contributed by atoms with Crippen molar-refractivity contribution in [3.63, 3.8) is 0 Å². The normalized spacial score (nSPS) is 18.4. The summed E-state index contributed by atoms with van der Waals surface area (Å²) in [5, 5.41) is 3.06. The van der Waals surface area contributed by atoms with Crippen molar-refractivity contribution in [1.29, 1.82) is 0 Å². The molecular formula is C14H16ClNO4. The molecule has 1 unspecified atom stereocenters. The van der Waals surface area contributed by atoms with Gasteiger partial charge in [0.25, 0.3) is 5.91 Å². The molecule has 0 aliphatic carbocycles. The first-order valence-corrected chi connectivity index (χ1v) is 6.80. The second kappa shape index (κ2) is 6.72. The quantitative estimate of drug-likeness (QED) is 0.871. The van der Waals surface area contributed by atoms with Crippen LogP contribution in [0.4, 0.5) is 5.69 Å². The van der Waals surface area contributed by atoms with E-state index in [1.165, 1.54) is 13.2 Å². The molecule has 1 aromatic rings. The van der Waals surface area contributed by atoms with Gasteiger partial charge in [0.05, 0.1) is 23.4 Å². The van der Waals surface area contributed by atoms with Crippen molar-refractivity contribution in [3.05, 3.63) is 28.8 Å². The summed E-state index contributed by atoms with van der Waals surface area (Å²) in [7, 11) is 1.30. The van der Waals surface area contributed by atoms with Crippen LogP contribution in [0.5, 0.6) is 0 Å². The number of carbonyl (C=O) groups is 2. The van der Waals surface area contributed by atoms with Gasteiger partial charge in [0.15, 0.2) is 0 Å². The number of anilines is 1. The molecule has 5 nitrogen and oxygen atoms in total. The molecule has 0 spiro atoms. The van der Waals surface area contributed by atoms with Crippen LogP contribution >= 0.6 is 11.6 Å². The first-order chi connectivity index (χ1) is 9.61. The zero-order chi connectivity index (χ0) is 14.5. The van der Waals surface area contributed by atoms with Gasteiger partial charge in [-0.1, -0.05) is 11.6 Å². The van der Waals surface area contributed by atoms with Gasteiger partial charge < -0.3 is 14.8 Å². The maximum absolute atomic E-state index is 12.1. The average Bonchev–Trinajstić information content (AvgIpc) is 2.49. The molecule has 20 heavy (non-hydrogen) atoms. The Morgan fingerprint density at radius 1 is 1.40 bits per heavy atom. The van der Waals surface area contributed by atoms with Gasteiger partial charge in [0.1, 0.15) is 6.10 Å². The fourth-order valence-corrected chi connectivity index (χ4v) is 2.19. The lowest BCUT2D eigenvalue weighted by molar-refractivity contribution is -0.129. The fourth-order valence-electron chi connectivity index (χ4n) is 2.03. The Morgan fingerprint density at radius 3 is 2.85 bits per heavy atom. The van der Waals surface area contributed by atoms with Crippen molar-refractivity contribution in [2.75, 3.05) is 19.0 Å². The van der Waals surface area contributed by atoms with Crippen molar-refractivity contribution in [1.82, 2.24) is 0 Å². The fraction of sp³-hybridized carbons (Fsp3) is 0.429. The molecule has 0 aromatic heterocycles. The minimum absolute atomic E-state index is 0.242. The van der Waals surface area contributed by atoms with E-state index in [9.17, 15) is 9.59 Å². The highest BCUT2D eigenvalue weighted by Crippen LogP contribution is 2.24. The van der Waals surface area contributed by atoms with Crippen LogP contribution in [0.25, 0.3) is 0 Å². The highest BCUT2D eigenvalue weighted by Gasteiger charge is 2.22. The highest BCUT2D eigenvalue weighted by molar-refractivity contribution is 6.33. The number of benzene rings is 1. The van der Waals surface area contributed by atoms with Crippen molar-refractivity contribution in [3.8, 4) is 0 Å². The number of halogens is 1. The van der Waals surface area contributed by atoms with Gasteiger partial charge in [-0.05, 0) is 37.5 Å². The van der Waals surface area contributed by atoms with E-state index in [2.05, 4.69) is 10.1 Å². The third-order valence-electron chi connectivity index (χ3n) is 3.12. The van der Waals surface area contributed by atoms with Gasteiger partial charge in [-0.25, -0.2) is 4.79 Å². The predicted molar refractivity (Wildman–Crippen MR) is 75.0 cm³/mol. The van der Waals surface area contributed by atoms with Gasteiger partial charge >= 0.3 is 5.97 Å². The van der Waals surface area contributed by atoms with Crippen LogP contribution in [0.3, 0.4) is 0 Å². The lowest BCUT2D eigenvalue weighted by Crippen LogP contribution is -2.33. The summed E-state index contributed by atoms with van der Waals surface area (Å²) in [4.78, 5) is 23.5. The summed E-state index contributed by atoms with van der Waals surface area (Å²) in [6.45, 7) is 0.591. The predicted octanol–water partition coefficient (Wildman–Crippen LogP) is 2.63. The molecule has 1 aromatic carbocycles. The van der Waals surface area contributed by atoms with Crippen molar-refractivity contribution in [2.45, 2.75) is 25.4 Å². The Bertz CT molecular complexity index is 512. The van der Waals surface area contributed by atoms with Crippen molar-refractivity contribution >= 4 is 29.2 Å². The van der Waals surface area contributed by atoms with E-state index < -0.39 is 12.1 Å². The molecule has 1 aliphatic rings. The molecule has 1 heterocycles. The molecule has 2 rings (SSSR count). The van der Waals surface area contributed by atoms with Crippen LogP contribution in [0.15, 0.2) is 18.2 Å². The number of amides is 1. The van der Waals surface area contributed by atoms with Crippen LogP contribution in [0.1, 0.15) is 29.6 Å². The average molecular weight is 298 g/mol. The number of carbonyl (C=O) groups excluding carboxylic acids is 2. The van der Waals surface area contributed by atoms with Gasteiger partial charge in [-0.15, -0.1) is 0 Å². The molecule has 1 saturated heterocycles. The Balaban J connectivity index is 2.11. The molecule has 6 heteroatoms. The van der Waals surface area contributed by atoms with E-state index in [1.807, 2.05) is 0 Å². The second-order valence-corrected chi connectivity index (χ2v) is 4.94. The second-order valence-electron chi connectivity index (χ2n) is 4.53. The van der Waals surface area contributed by atoms with Crippen LogP contribution in [0, 0.1) is 0 Å². The molecule has 1 aliphatic heterocycles. The Kier molecular flexibility index (Phi) is 4.98. The van der Waals surface area contributed by atoms with Gasteiger partial charge in [-0.2, -0.15) is 0 Å². The standard InChI is InChI=1S/C14H16ClNO4/c1-19-14(18)9-5-6-10(15)11(8-9)16-13(17)12-4-2-3-7-20-12/h5-6,8,12H,2-4,7H2,1H3,(H,16,17). The van der Waals surface area contributed by atoms with E-state index in [-0.39, 0.29) is 5.91 Å². The first-order valence-electron chi connectivity index (χ1n) is 6.42. The van der Waals surface area contributed by atoms with Crippen LogP contribution in [0.2, 0.25) is 5.02 Å². The largest absolute Gasteiger partial charge is 0.465 e. The first kappa shape index (κ1) is 14.8. The molecule has 108 valence electrons. The van der Waals surface area contributed by atoms with Gasteiger partial charge in [-0.3, -0.25) is 4.79 Å². The lowest BCUT2D eigenvalue weighted by Gasteiger charge is -2.22. The maximum Gasteiger partial charge on any atom is 0.337 e. The molecule has 0 radical (unpaired) electrons. The molecule has 1 atom stereocenters. The number of hydrogen-bond donors (Lipinski definition) is 1. The Morgan fingerprint density at radius 2 is 2.20 bits per heavy atom. The van der Waals surface area contributed by atoms with Crippen LogP contribution in [-0.2, 0) is 14.3 Å². The number of hydrogen-bond acceptors (Lipinski definition) is 4. The van der Waals surface area contributed by atoms with Crippen molar-refractivity contribution in [2.24, 2.45) is 0 Å². The summed E-state index contributed by atoms with van der Waals surface area (Å²) in [5.74, 6) is -0.723. The molecule has 0 saturated carbocycles. The topological polar surface area (TPSA) is 64.6 Å². The maximum atomic E-state index is 12.1. The summed E-state index contributed by atoms with van der Waals surface area (Å²) in [5.41, 5.74) is 0.713. The highest BCUT2D eigenvalue weighted by atomic mass is 35.5. The number of esters is 1. The van der Waals surface area contributed by atoms with Crippen molar-refractivity contribution < 1.29 is 19.1 Å².